The van der Waals surface area contributed by atoms with E-state index in [2.05, 4.69) is 0 Å². The predicted octanol–water partition coefficient (Wildman–Crippen LogP) is 0.603. The van der Waals surface area contributed by atoms with Gasteiger partial charge in [0.05, 0.1) is 0 Å². The number of hydrogen-bond donors (Lipinski definition) is 0. The van der Waals surface area contributed by atoms with Crippen molar-refractivity contribution < 1.29 is 19.1 Å². The molecule has 0 radical (unpaired) electrons. The summed E-state index contributed by atoms with van der Waals surface area (Å²) in [5, 5.41) is 0. The Morgan fingerprint density at radius 1 is 1.25 bits per heavy atom. The molecule has 1 aliphatic heterocycles. The molecule has 0 amide bonds. The molecule has 4 heteroatoms. The van der Waals surface area contributed by atoms with Crippen molar-refractivity contribution in [2.45, 2.75) is 32.0 Å². The molecule has 0 atom stereocenters. The fourth-order valence-corrected chi connectivity index (χ4v) is 1.79. The fourth-order valence-electron chi connectivity index (χ4n) is 1.79. The number of carbonyl (C=O) groups excluding carboxylic acids is 2. The Hall–Kier alpha value is -1.06. The van der Waals surface area contributed by atoms with E-state index in [1.54, 1.807) is 0 Å². The van der Waals surface area contributed by atoms with Gasteiger partial charge in [0, 0.05) is 12.8 Å². The summed E-state index contributed by atoms with van der Waals surface area (Å²) in [4.78, 5) is 21.7. The summed E-state index contributed by atoms with van der Waals surface area (Å²) in [6, 6.07) is 0. The minimum Gasteiger partial charge on any atom is -0.422 e. The van der Waals surface area contributed by atoms with Crippen LogP contribution >= 0.6 is 0 Å². The van der Waals surface area contributed by atoms with E-state index in [1.165, 1.54) is 0 Å². The zero-order valence-electron chi connectivity index (χ0n) is 6.83. The third-order valence-corrected chi connectivity index (χ3v) is 2.21. The third kappa shape index (κ3) is 1.07. The first-order valence-electron chi connectivity index (χ1n) is 4.03. The second kappa shape index (κ2) is 2.21. The van der Waals surface area contributed by atoms with Crippen LogP contribution in [0.4, 0.5) is 0 Å². The van der Waals surface area contributed by atoms with Crippen LogP contribution in [0.2, 0.25) is 0 Å². The molecule has 1 spiro atoms. The smallest absolute Gasteiger partial charge is 0.320 e. The molecule has 2 aliphatic rings. The van der Waals surface area contributed by atoms with Crippen molar-refractivity contribution in [3.63, 3.8) is 0 Å². The lowest BCUT2D eigenvalue weighted by molar-refractivity contribution is -0.280. The molecule has 1 heterocycles. The molecule has 1 saturated carbocycles. The molecule has 0 bridgehead atoms. The lowest BCUT2D eigenvalue weighted by atomic mass is 9.80. The highest BCUT2D eigenvalue weighted by Gasteiger charge is 2.52. The van der Waals surface area contributed by atoms with Crippen LogP contribution in [-0.2, 0) is 19.1 Å². The second-order valence-corrected chi connectivity index (χ2v) is 3.55. The van der Waals surface area contributed by atoms with Crippen LogP contribution in [0.15, 0.2) is 0 Å². The van der Waals surface area contributed by atoms with Crippen LogP contribution in [0.1, 0.15) is 26.2 Å². The lowest BCUT2D eigenvalue weighted by Gasteiger charge is -2.45. The zero-order valence-corrected chi connectivity index (χ0v) is 6.83. The number of ether oxygens (including phenoxy) is 2. The highest BCUT2D eigenvalue weighted by molar-refractivity contribution is 5.93. The molecular formula is C8H10O4. The van der Waals surface area contributed by atoms with Crippen LogP contribution in [0.25, 0.3) is 0 Å². The van der Waals surface area contributed by atoms with E-state index >= 15 is 0 Å². The maximum Gasteiger partial charge on any atom is 0.320 e. The first-order chi connectivity index (χ1) is 5.60. The molecular weight excluding hydrogens is 160 g/mol. The highest BCUT2D eigenvalue weighted by atomic mass is 16.7. The van der Waals surface area contributed by atoms with E-state index in [0.29, 0.717) is 18.8 Å². The molecule has 1 aliphatic carbocycles. The lowest BCUT2D eigenvalue weighted by Crippen LogP contribution is -2.53. The summed E-state index contributed by atoms with van der Waals surface area (Å²) >= 11 is 0. The number of rotatable bonds is 0. The molecule has 0 aromatic rings. The molecule has 4 nitrogen and oxygen atoms in total. The van der Waals surface area contributed by atoms with Gasteiger partial charge in [0.15, 0.2) is 0 Å². The van der Waals surface area contributed by atoms with Crippen molar-refractivity contribution in [1.29, 1.82) is 0 Å². The van der Waals surface area contributed by atoms with Crippen LogP contribution < -0.4 is 0 Å². The van der Waals surface area contributed by atoms with Gasteiger partial charge < -0.3 is 9.47 Å². The largest absolute Gasteiger partial charge is 0.422 e. The van der Waals surface area contributed by atoms with Crippen LogP contribution in [0.5, 0.6) is 0 Å². The van der Waals surface area contributed by atoms with E-state index in [0.717, 1.165) is 0 Å². The molecule has 12 heavy (non-hydrogen) atoms. The first-order valence-corrected chi connectivity index (χ1v) is 4.03. The summed E-state index contributed by atoms with van der Waals surface area (Å²) in [5.74, 6) is -1.33. The van der Waals surface area contributed by atoms with Gasteiger partial charge in [-0.3, -0.25) is 9.59 Å². The van der Waals surface area contributed by atoms with E-state index in [4.69, 9.17) is 9.47 Å². The average Bonchev–Trinajstić information content (AvgIpc) is 1.80. The van der Waals surface area contributed by atoms with Crippen molar-refractivity contribution in [2.24, 2.45) is 5.92 Å². The molecule has 0 N–H and O–H groups in total. The minimum absolute atomic E-state index is 0.240. The Morgan fingerprint density at radius 2 is 1.75 bits per heavy atom. The maximum atomic E-state index is 10.9. The summed E-state index contributed by atoms with van der Waals surface area (Å²) in [6.07, 6.45) is 1.05. The van der Waals surface area contributed by atoms with Gasteiger partial charge in [-0.1, -0.05) is 6.92 Å². The van der Waals surface area contributed by atoms with Crippen molar-refractivity contribution in [2.75, 3.05) is 0 Å². The van der Waals surface area contributed by atoms with Gasteiger partial charge in [-0.15, -0.1) is 0 Å². The highest BCUT2D eigenvalue weighted by Crippen LogP contribution is 2.43. The Bertz CT molecular complexity index is 221. The van der Waals surface area contributed by atoms with Crippen molar-refractivity contribution in [3.05, 3.63) is 0 Å². The quantitative estimate of drug-likeness (QED) is 0.394. The van der Waals surface area contributed by atoms with Gasteiger partial charge in [0.1, 0.15) is 6.42 Å². The van der Waals surface area contributed by atoms with E-state index in [1.807, 2.05) is 6.92 Å². The van der Waals surface area contributed by atoms with Crippen molar-refractivity contribution in [3.8, 4) is 0 Å². The molecule has 2 fully saturated rings. The molecule has 0 aromatic heterocycles. The van der Waals surface area contributed by atoms with Crippen molar-refractivity contribution >= 4 is 11.9 Å². The van der Waals surface area contributed by atoms with Gasteiger partial charge >= 0.3 is 11.9 Å². The van der Waals surface area contributed by atoms with Crippen LogP contribution in [0, 0.1) is 5.92 Å². The van der Waals surface area contributed by atoms with Crippen LogP contribution in [0.3, 0.4) is 0 Å². The topological polar surface area (TPSA) is 52.6 Å². The Labute approximate surface area is 69.8 Å². The summed E-state index contributed by atoms with van der Waals surface area (Å²) < 4.78 is 9.94. The third-order valence-electron chi connectivity index (χ3n) is 2.21. The van der Waals surface area contributed by atoms with Crippen LogP contribution in [-0.4, -0.2) is 17.7 Å². The Morgan fingerprint density at radius 3 is 2.17 bits per heavy atom. The van der Waals surface area contributed by atoms with Gasteiger partial charge in [-0.25, -0.2) is 0 Å². The van der Waals surface area contributed by atoms with Crippen molar-refractivity contribution in [1.82, 2.24) is 0 Å². The molecule has 1 saturated heterocycles. The predicted molar refractivity (Wildman–Crippen MR) is 37.9 cm³/mol. The normalized spacial score (nSPS) is 27.8. The summed E-state index contributed by atoms with van der Waals surface area (Å²) in [5.41, 5.74) is 0. The van der Waals surface area contributed by atoms with Gasteiger partial charge in [0.2, 0.25) is 0 Å². The SMILES string of the molecule is CC1CC2(C1)OC(=O)CC(=O)O2. The summed E-state index contributed by atoms with van der Waals surface area (Å²) in [7, 11) is 0. The number of esters is 2. The van der Waals surface area contributed by atoms with Gasteiger partial charge in [-0.05, 0) is 5.92 Å². The zero-order chi connectivity index (χ0) is 8.77. The van der Waals surface area contributed by atoms with Gasteiger partial charge in [0.25, 0.3) is 5.79 Å². The molecule has 0 aromatic carbocycles. The number of carbonyl (C=O) groups is 2. The minimum atomic E-state index is -0.883. The van der Waals surface area contributed by atoms with E-state index < -0.39 is 17.7 Å². The van der Waals surface area contributed by atoms with E-state index in [-0.39, 0.29) is 6.42 Å². The van der Waals surface area contributed by atoms with Gasteiger partial charge in [-0.2, -0.15) is 0 Å². The standard InChI is InChI=1S/C8H10O4/c1-5-3-8(4-5)11-6(9)2-7(10)12-8/h5H,2-4H2,1H3. The molecule has 66 valence electrons. The molecule has 2 rings (SSSR count). The Balaban J connectivity index is 2.08. The van der Waals surface area contributed by atoms with E-state index in [9.17, 15) is 9.59 Å². The maximum absolute atomic E-state index is 10.9. The Kier molecular flexibility index (Phi) is 1.40. The molecule has 0 unspecified atom stereocenters. The number of hydrogen-bond acceptors (Lipinski definition) is 4. The monoisotopic (exact) mass is 170 g/mol. The second-order valence-electron chi connectivity index (χ2n) is 3.55. The fraction of sp³-hybridized carbons (Fsp3) is 0.750. The first kappa shape index (κ1) is 7.58. The summed E-state index contributed by atoms with van der Waals surface area (Å²) in [6.45, 7) is 2.03. The average molecular weight is 170 g/mol.